The number of allylic oxidation sites excluding steroid dienone is 1. The van der Waals surface area contributed by atoms with Crippen LogP contribution < -0.4 is 10.6 Å². The van der Waals surface area contributed by atoms with Gasteiger partial charge in [0.05, 0.1) is 0 Å². The first kappa shape index (κ1) is 27.0. The van der Waals surface area contributed by atoms with Crippen molar-refractivity contribution in [3.05, 3.63) is 60.6 Å². The maximum Gasteiger partial charge on any atom is 0.0343 e. The molecule has 0 bridgehead atoms. The normalized spacial score (nSPS) is 20.9. The van der Waals surface area contributed by atoms with Crippen LogP contribution in [0, 0.1) is 11.8 Å². The summed E-state index contributed by atoms with van der Waals surface area (Å²) in [7, 11) is 0. The Hall–Kier alpha value is -2.04. The third-order valence-corrected chi connectivity index (χ3v) is 4.54. The second kappa shape index (κ2) is 18.0. The monoisotopic (exact) mass is 398 g/mol. The van der Waals surface area contributed by atoms with Crippen molar-refractivity contribution in [1.29, 1.82) is 0 Å². The molecule has 1 unspecified atom stereocenters. The van der Waals surface area contributed by atoms with Crippen molar-refractivity contribution in [2.24, 2.45) is 16.8 Å². The van der Waals surface area contributed by atoms with E-state index >= 15 is 0 Å². The van der Waals surface area contributed by atoms with Crippen LogP contribution >= 0.6 is 0 Å². The molecule has 1 aromatic heterocycles. The number of rotatable bonds is 4. The molecule has 0 amide bonds. The number of hydrogen-bond acceptors (Lipinski definition) is 4. The second-order valence-electron chi connectivity index (χ2n) is 6.60. The van der Waals surface area contributed by atoms with E-state index in [9.17, 15) is 0 Å². The van der Waals surface area contributed by atoms with Crippen molar-refractivity contribution in [3.63, 3.8) is 0 Å². The third kappa shape index (κ3) is 10.9. The Kier molecular flexibility index (Phi) is 16.8. The fourth-order valence-corrected chi connectivity index (χ4v) is 3.21. The minimum absolute atomic E-state index is 0.585. The third-order valence-electron chi connectivity index (χ3n) is 4.54. The lowest BCUT2D eigenvalue weighted by Crippen LogP contribution is -2.30. The average molecular weight is 399 g/mol. The fourth-order valence-electron chi connectivity index (χ4n) is 3.21. The first-order chi connectivity index (χ1) is 14.2. The lowest BCUT2D eigenvalue weighted by molar-refractivity contribution is 0.427. The highest BCUT2D eigenvalue weighted by molar-refractivity contribution is 5.67. The van der Waals surface area contributed by atoms with Crippen molar-refractivity contribution >= 4 is 12.3 Å². The summed E-state index contributed by atoms with van der Waals surface area (Å²) < 4.78 is 0. The van der Waals surface area contributed by atoms with E-state index < -0.39 is 0 Å². The topological polar surface area (TPSA) is 49.3 Å². The van der Waals surface area contributed by atoms with Crippen LogP contribution in [0.5, 0.6) is 0 Å². The molecule has 2 N–H and O–H groups in total. The van der Waals surface area contributed by atoms with Gasteiger partial charge in [0, 0.05) is 38.2 Å². The smallest absolute Gasteiger partial charge is 0.0343 e. The summed E-state index contributed by atoms with van der Waals surface area (Å²) >= 11 is 0. The lowest BCUT2D eigenvalue weighted by Gasteiger charge is -2.23. The lowest BCUT2D eigenvalue weighted by atomic mass is 9.92. The van der Waals surface area contributed by atoms with Crippen molar-refractivity contribution in [2.75, 3.05) is 26.2 Å². The van der Waals surface area contributed by atoms with Gasteiger partial charge in [-0.3, -0.25) is 9.98 Å². The predicted octanol–water partition coefficient (Wildman–Crippen LogP) is 5.51. The van der Waals surface area contributed by atoms with E-state index in [0.717, 1.165) is 26.2 Å². The summed E-state index contributed by atoms with van der Waals surface area (Å²) in [5, 5.41) is 6.74. The maximum atomic E-state index is 4.12. The summed E-state index contributed by atoms with van der Waals surface area (Å²) in [5.74, 6) is 1.21. The molecule has 0 aliphatic carbocycles. The predicted molar refractivity (Wildman–Crippen MR) is 130 cm³/mol. The summed E-state index contributed by atoms with van der Waals surface area (Å²) in [6.45, 7) is 21.7. The van der Waals surface area contributed by atoms with Crippen LogP contribution in [0.1, 0.15) is 53.0 Å². The quantitative estimate of drug-likeness (QED) is 0.519. The molecule has 4 heteroatoms. The molecule has 162 valence electrons. The zero-order valence-electron chi connectivity index (χ0n) is 19.2. The van der Waals surface area contributed by atoms with Gasteiger partial charge in [0.25, 0.3) is 0 Å². The van der Waals surface area contributed by atoms with Crippen molar-refractivity contribution in [3.8, 4) is 0 Å². The molecule has 0 spiro atoms. The zero-order chi connectivity index (χ0) is 21.9. The van der Waals surface area contributed by atoms with Crippen molar-refractivity contribution < 1.29 is 0 Å². The van der Waals surface area contributed by atoms with E-state index in [4.69, 9.17) is 0 Å². The number of pyridine rings is 1. The van der Waals surface area contributed by atoms with Gasteiger partial charge < -0.3 is 10.6 Å². The number of nitrogens with zero attached hydrogens (tertiary/aromatic N) is 2. The molecule has 29 heavy (non-hydrogen) atoms. The number of aliphatic imine (C=N–C) groups is 1. The Morgan fingerprint density at radius 3 is 2.48 bits per heavy atom. The highest BCUT2D eigenvalue weighted by Gasteiger charge is 2.14. The van der Waals surface area contributed by atoms with Gasteiger partial charge in [-0.25, -0.2) is 0 Å². The Bertz CT molecular complexity index is 599. The van der Waals surface area contributed by atoms with Gasteiger partial charge in [-0.1, -0.05) is 59.4 Å². The molecule has 4 nitrogen and oxygen atoms in total. The number of hydrogen-bond donors (Lipinski definition) is 2. The number of aromatic nitrogens is 1. The molecule has 1 saturated heterocycles. The standard InChI is InChI=1S/C11H14N2.C10H16N2.2C2H6/c1-9-5-11(8-13-6-9)10-3-2-4-12-7-10;1-3-9(7-11-2)10-5-4-6-12-8-10;2*1-2/h2-5,7,9,13H,6,8H2,1H3;3,7,10,12H,1-2,4-6,8H2;2*1-2H3/b;9-7+;;/t;10-;;/m.0../s1. The first-order valence-electron chi connectivity index (χ1n) is 11.1. The molecule has 3 heterocycles. The highest BCUT2D eigenvalue weighted by Crippen LogP contribution is 2.20. The molecule has 1 aromatic rings. The van der Waals surface area contributed by atoms with E-state index in [1.165, 1.54) is 29.6 Å². The summed E-state index contributed by atoms with van der Waals surface area (Å²) in [6.07, 6.45) is 12.2. The summed E-state index contributed by atoms with van der Waals surface area (Å²) in [6, 6.07) is 4.09. The highest BCUT2D eigenvalue weighted by atomic mass is 14.9. The van der Waals surface area contributed by atoms with Gasteiger partial charge in [-0.15, -0.1) is 0 Å². The Morgan fingerprint density at radius 2 is 1.97 bits per heavy atom. The van der Waals surface area contributed by atoms with Gasteiger partial charge >= 0.3 is 0 Å². The largest absolute Gasteiger partial charge is 0.316 e. The minimum Gasteiger partial charge on any atom is -0.316 e. The molecule has 0 saturated carbocycles. The summed E-state index contributed by atoms with van der Waals surface area (Å²) in [5.41, 5.74) is 3.81. The van der Waals surface area contributed by atoms with E-state index in [2.05, 4.69) is 53.0 Å². The van der Waals surface area contributed by atoms with E-state index in [-0.39, 0.29) is 0 Å². The molecule has 2 aliphatic heterocycles. The van der Waals surface area contributed by atoms with Gasteiger partial charge in [0.2, 0.25) is 0 Å². The fraction of sp³-hybridized carbons (Fsp3) is 0.520. The van der Waals surface area contributed by atoms with E-state index in [1.54, 1.807) is 0 Å². The molecular formula is C25H42N4. The molecule has 2 aliphatic rings. The molecular weight excluding hydrogens is 356 g/mol. The van der Waals surface area contributed by atoms with E-state index in [1.807, 2.05) is 58.4 Å². The van der Waals surface area contributed by atoms with Crippen molar-refractivity contribution in [2.45, 2.75) is 47.5 Å². The Morgan fingerprint density at radius 1 is 1.21 bits per heavy atom. The minimum atomic E-state index is 0.585. The molecule has 3 rings (SSSR count). The van der Waals surface area contributed by atoms with Gasteiger partial charge in [0.15, 0.2) is 0 Å². The van der Waals surface area contributed by atoms with Gasteiger partial charge in [-0.2, -0.15) is 0 Å². The maximum absolute atomic E-state index is 4.12. The molecule has 0 radical (unpaired) electrons. The molecule has 2 atom stereocenters. The van der Waals surface area contributed by atoms with Crippen LogP contribution in [-0.4, -0.2) is 37.9 Å². The van der Waals surface area contributed by atoms with Gasteiger partial charge in [-0.05, 0) is 60.7 Å². The van der Waals surface area contributed by atoms with Gasteiger partial charge in [0.1, 0.15) is 0 Å². The van der Waals surface area contributed by atoms with Crippen LogP contribution in [0.2, 0.25) is 0 Å². The summed E-state index contributed by atoms with van der Waals surface area (Å²) in [4.78, 5) is 7.89. The van der Waals surface area contributed by atoms with Crippen molar-refractivity contribution in [1.82, 2.24) is 15.6 Å². The zero-order valence-corrected chi connectivity index (χ0v) is 19.2. The number of piperidine rings is 1. The average Bonchev–Trinajstić information content (AvgIpc) is 2.82. The number of nitrogens with one attached hydrogen (secondary N) is 2. The van der Waals surface area contributed by atoms with Crippen LogP contribution in [0.15, 0.2) is 60.0 Å². The van der Waals surface area contributed by atoms with Crippen LogP contribution in [0.25, 0.3) is 5.57 Å². The Balaban J connectivity index is 0.000000463. The van der Waals surface area contributed by atoms with Crippen LogP contribution in [0.4, 0.5) is 0 Å². The van der Waals surface area contributed by atoms with Crippen LogP contribution in [-0.2, 0) is 0 Å². The van der Waals surface area contributed by atoms with Crippen LogP contribution in [0.3, 0.4) is 0 Å². The van der Waals surface area contributed by atoms with E-state index in [0.29, 0.717) is 11.8 Å². The molecule has 1 fully saturated rings. The second-order valence-corrected chi connectivity index (χ2v) is 6.60. The molecule has 0 aromatic carbocycles. The SMILES string of the molecule is C=C/C(=C\N=C)[C@H]1CCCNC1.CC.CC.CC1C=C(c2cccnc2)CNC1. The first-order valence-corrected chi connectivity index (χ1v) is 11.1. The Labute approximate surface area is 179 Å².